The van der Waals surface area contributed by atoms with Crippen molar-refractivity contribution in [1.29, 1.82) is 5.26 Å². The zero-order chi connectivity index (χ0) is 13.1. The highest BCUT2D eigenvalue weighted by molar-refractivity contribution is 6.31. The summed E-state index contributed by atoms with van der Waals surface area (Å²) in [7, 11) is 0. The number of benzene rings is 1. The number of hydrogen-bond acceptors (Lipinski definition) is 2. The Morgan fingerprint density at radius 2 is 2.11 bits per heavy atom. The van der Waals surface area contributed by atoms with Crippen molar-refractivity contribution >= 4 is 17.5 Å². The quantitative estimate of drug-likeness (QED) is 0.784. The summed E-state index contributed by atoms with van der Waals surface area (Å²) < 4.78 is 13.0. The summed E-state index contributed by atoms with van der Waals surface area (Å²) in [5.74, 6) is -0.657. The van der Waals surface area contributed by atoms with Crippen molar-refractivity contribution in [3.63, 3.8) is 0 Å². The molecule has 0 atom stereocenters. The Bertz CT molecular complexity index is 504. The second kappa shape index (κ2) is 5.36. The first-order valence-corrected chi connectivity index (χ1v) is 6.13. The number of halogens is 2. The van der Waals surface area contributed by atoms with Gasteiger partial charge < -0.3 is 4.90 Å². The zero-order valence-electron chi connectivity index (χ0n) is 9.70. The van der Waals surface area contributed by atoms with Crippen LogP contribution in [0.1, 0.15) is 23.2 Å². The summed E-state index contributed by atoms with van der Waals surface area (Å²) in [4.78, 5) is 13.8. The molecule has 0 aromatic heterocycles. The summed E-state index contributed by atoms with van der Waals surface area (Å²) in [6, 6.07) is 6.18. The van der Waals surface area contributed by atoms with Crippen LogP contribution in [0.4, 0.5) is 4.39 Å². The van der Waals surface area contributed by atoms with Crippen molar-refractivity contribution in [2.45, 2.75) is 12.8 Å². The zero-order valence-corrected chi connectivity index (χ0v) is 10.5. The summed E-state index contributed by atoms with van der Waals surface area (Å²) in [6.07, 6.45) is 1.38. The second-order valence-electron chi connectivity index (χ2n) is 4.32. The molecule has 1 aromatic rings. The lowest BCUT2D eigenvalue weighted by molar-refractivity contribution is 0.0707. The standard InChI is InChI=1S/C13H12ClFN2O/c14-11-7-10(1-2-12(11)15)13(18)17-5-3-9(8-16)4-6-17/h1-2,7,9H,3-6H2. The van der Waals surface area contributed by atoms with Crippen molar-refractivity contribution < 1.29 is 9.18 Å². The predicted octanol–water partition coefficient (Wildman–Crippen LogP) is 2.85. The van der Waals surface area contributed by atoms with Gasteiger partial charge in [-0.2, -0.15) is 5.26 Å². The van der Waals surface area contributed by atoms with Crippen molar-refractivity contribution in [3.05, 3.63) is 34.6 Å². The van der Waals surface area contributed by atoms with E-state index < -0.39 is 5.82 Å². The molecule has 1 amide bonds. The second-order valence-corrected chi connectivity index (χ2v) is 4.73. The van der Waals surface area contributed by atoms with Crippen LogP contribution < -0.4 is 0 Å². The predicted molar refractivity (Wildman–Crippen MR) is 65.7 cm³/mol. The van der Waals surface area contributed by atoms with Crippen LogP contribution >= 0.6 is 11.6 Å². The van der Waals surface area contributed by atoms with Gasteiger partial charge in [0.05, 0.1) is 11.1 Å². The monoisotopic (exact) mass is 266 g/mol. The van der Waals surface area contributed by atoms with Gasteiger partial charge in [-0.1, -0.05) is 11.6 Å². The Morgan fingerprint density at radius 1 is 1.44 bits per heavy atom. The normalized spacial score (nSPS) is 16.4. The molecule has 0 saturated carbocycles. The molecule has 3 nitrogen and oxygen atoms in total. The molecular weight excluding hydrogens is 255 g/mol. The van der Waals surface area contributed by atoms with Crippen LogP contribution in [0.25, 0.3) is 0 Å². The fourth-order valence-electron chi connectivity index (χ4n) is 2.02. The fraction of sp³-hybridized carbons (Fsp3) is 0.385. The SMILES string of the molecule is N#CC1CCN(C(=O)c2ccc(F)c(Cl)c2)CC1. The van der Waals surface area contributed by atoms with Gasteiger partial charge in [0, 0.05) is 24.6 Å². The third-order valence-corrected chi connectivity index (χ3v) is 3.42. The van der Waals surface area contributed by atoms with Gasteiger partial charge in [0.25, 0.3) is 5.91 Å². The van der Waals surface area contributed by atoms with Crippen LogP contribution in [0.2, 0.25) is 5.02 Å². The van der Waals surface area contributed by atoms with E-state index in [1.54, 1.807) is 4.90 Å². The van der Waals surface area contributed by atoms with E-state index in [2.05, 4.69) is 6.07 Å². The lowest BCUT2D eigenvalue weighted by atomic mass is 9.98. The Morgan fingerprint density at radius 3 is 2.67 bits per heavy atom. The smallest absolute Gasteiger partial charge is 0.253 e. The van der Waals surface area contributed by atoms with Crippen LogP contribution in [0.15, 0.2) is 18.2 Å². The largest absolute Gasteiger partial charge is 0.339 e. The van der Waals surface area contributed by atoms with E-state index >= 15 is 0 Å². The van der Waals surface area contributed by atoms with E-state index in [0.717, 1.165) is 0 Å². The lowest BCUT2D eigenvalue weighted by Crippen LogP contribution is -2.38. The van der Waals surface area contributed by atoms with Gasteiger partial charge >= 0.3 is 0 Å². The van der Waals surface area contributed by atoms with Gasteiger partial charge in [-0.15, -0.1) is 0 Å². The average Bonchev–Trinajstić information content (AvgIpc) is 2.41. The van der Waals surface area contributed by atoms with E-state index in [-0.39, 0.29) is 16.8 Å². The maximum Gasteiger partial charge on any atom is 0.253 e. The summed E-state index contributed by atoms with van der Waals surface area (Å²) in [5, 5.41) is 8.74. The Labute approximate surface area is 110 Å². The number of carbonyl (C=O) groups excluding carboxylic acids is 1. The van der Waals surface area contributed by atoms with Crippen molar-refractivity contribution in [3.8, 4) is 6.07 Å². The summed E-state index contributed by atoms with van der Waals surface area (Å²) >= 11 is 5.65. The van der Waals surface area contributed by atoms with Gasteiger partial charge in [-0.25, -0.2) is 4.39 Å². The molecule has 1 aromatic carbocycles. The van der Waals surface area contributed by atoms with Crippen molar-refractivity contribution in [2.75, 3.05) is 13.1 Å². The van der Waals surface area contributed by atoms with Crippen LogP contribution in [-0.4, -0.2) is 23.9 Å². The molecule has 0 radical (unpaired) electrons. The van der Waals surface area contributed by atoms with Crippen LogP contribution in [0, 0.1) is 23.1 Å². The van der Waals surface area contributed by atoms with E-state index in [4.69, 9.17) is 16.9 Å². The highest BCUT2D eigenvalue weighted by atomic mass is 35.5. The number of rotatable bonds is 1. The maximum absolute atomic E-state index is 13.0. The minimum atomic E-state index is -0.531. The third kappa shape index (κ3) is 2.62. The molecule has 0 unspecified atom stereocenters. The third-order valence-electron chi connectivity index (χ3n) is 3.13. The summed E-state index contributed by atoms with van der Waals surface area (Å²) in [5.41, 5.74) is 0.386. The van der Waals surface area contributed by atoms with E-state index in [1.165, 1.54) is 18.2 Å². The Hall–Kier alpha value is -1.60. The number of nitriles is 1. The molecule has 0 N–H and O–H groups in total. The van der Waals surface area contributed by atoms with Crippen LogP contribution in [-0.2, 0) is 0 Å². The first kappa shape index (κ1) is 12.8. The first-order valence-electron chi connectivity index (χ1n) is 5.75. The topological polar surface area (TPSA) is 44.1 Å². The molecule has 18 heavy (non-hydrogen) atoms. The van der Waals surface area contributed by atoms with Crippen molar-refractivity contribution in [1.82, 2.24) is 4.90 Å². The summed E-state index contributed by atoms with van der Waals surface area (Å²) in [6.45, 7) is 1.12. The van der Waals surface area contributed by atoms with Crippen LogP contribution in [0.3, 0.4) is 0 Å². The Balaban J connectivity index is 2.08. The van der Waals surface area contributed by atoms with Gasteiger partial charge in [0.2, 0.25) is 0 Å². The highest BCUT2D eigenvalue weighted by Crippen LogP contribution is 2.21. The number of piperidine rings is 1. The van der Waals surface area contributed by atoms with Gasteiger partial charge in [0.15, 0.2) is 0 Å². The number of amides is 1. The molecule has 5 heteroatoms. The molecular formula is C13H12ClFN2O. The molecule has 0 bridgehead atoms. The average molecular weight is 267 g/mol. The first-order chi connectivity index (χ1) is 8.61. The number of carbonyl (C=O) groups is 1. The van der Waals surface area contributed by atoms with E-state index in [0.29, 0.717) is 31.5 Å². The minimum absolute atomic E-state index is 0.0332. The number of likely N-dealkylation sites (tertiary alicyclic amines) is 1. The number of nitrogens with zero attached hydrogens (tertiary/aromatic N) is 2. The van der Waals surface area contributed by atoms with Gasteiger partial charge in [-0.05, 0) is 31.0 Å². The molecule has 1 fully saturated rings. The van der Waals surface area contributed by atoms with E-state index in [1.807, 2.05) is 0 Å². The molecule has 0 spiro atoms. The number of hydrogen-bond donors (Lipinski definition) is 0. The minimum Gasteiger partial charge on any atom is -0.339 e. The Kier molecular flexibility index (Phi) is 3.83. The molecule has 1 aliphatic heterocycles. The highest BCUT2D eigenvalue weighted by Gasteiger charge is 2.23. The molecule has 1 aliphatic rings. The molecule has 1 heterocycles. The fourth-order valence-corrected chi connectivity index (χ4v) is 2.20. The van der Waals surface area contributed by atoms with Gasteiger partial charge in [-0.3, -0.25) is 4.79 Å². The molecule has 94 valence electrons. The molecule has 1 saturated heterocycles. The molecule has 2 rings (SSSR count). The maximum atomic E-state index is 13.0. The van der Waals surface area contributed by atoms with E-state index in [9.17, 15) is 9.18 Å². The molecule has 0 aliphatic carbocycles. The van der Waals surface area contributed by atoms with Crippen molar-refractivity contribution in [2.24, 2.45) is 5.92 Å². The van der Waals surface area contributed by atoms with Crippen LogP contribution in [0.5, 0.6) is 0 Å². The van der Waals surface area contributed by atoms with Gasteiger partial charge in [0.1, 0.15) is 5.82 Å². The lowest BCUT2D eigenvalue weighted by Gasteiger charge is -2.29.